The molecular formula is C28H31N3O3. The second kappa shape index (κ2) is 11.1. The number of ether oxygens (including phenoxy) is 1. The lowest BCUT2D eigenvalue weighted by atomic mass is 10.1. The van der Waals surface area contributed by atoms with Crippen molar-refractivity contribution in [1.29, 1.82) is 0 Å². The van der Waals surface area contributed by atoms with Gasteiger partial charge >= 0.3 is 0 Å². The number of anilines is 1. The van der Waals surface area contributed by atoms with Gasteiger partial charge in [0.05, 0.1) is 12.3 Å². The quantitative estimate of drug-likeness (QED) is 0.385. The number of carbonyl (C=O) groups excluding carboxylic acids is 2. The highest BCUT2D eigenvalue weighted by Crippen LogP contribution is 2.37. The fourth-order valence-corrected chi connectivity index (χ4v) is 4.37. The Morgan fingerprint density at radius 1 is 0.882 bits per heavy atom. The van der Waals surface area contributed by atoms with E-state index in [4.69, 9.17) is 10.5 Å². The Morgan fingerprint density at radius 3 is 2.24 bits per heavy atom. The molecule has 1 atom stereocenters. The van der Waals surface area contributed by atoms with Crippen molar-refractivity contribution < 1.29 is 14.3 Å². The lowest BCUT2D eigenvalue weighted by molar-refractivity contribution is -0.0682. The van der Waals surface area contributed by atoms with Crippen LogP contribution in [0, 0.1) is 0 Å². The van der Waals surface area contributed by atoms with Crippen molar-refractivity contribution in [3.63, 3.8) is 0 Å². The van der Waals surface area contributed by atoms with E-state index in [1.807, 2.05) is 60.7 Å². The number of hydrogen-bond acceptors (Lipinski definition) is 4. The minimum Gasteiger partial charge on any atom is -0.338 e. The molecule has 0 bridgehead atoms. The Kier molecular flexibility index (Phi) is 7.72. The summed E-state index contributed by atoms with van der Waals surface area (Å²) in [6, 6.07) is 26.0. The van der Waals surface area contributed by atoms with E-state index in [2.05, 4.69) is 5.32 Å². The van der Waals surface area contributed by atoms with Crippen LogP contribution in [0.4, 0.5) is 5.69 Å². The molecule has 0 radical (unpaired) electrons. The van der Waals surface area contributed by atoms with Crippen LogP contribution in [0.25, 0.3) is 0 Å². The van der Waals surface area contributed by atoms with E-state index in [-0.39, 0.29) is 11.8 Å². The third-order valence-electron chi connectivity index (χ3n) is 6.06. The minimum atomic E-state index is -1.33. The average Bonchev–Trinajstić information content (AvgIpc) is 3.04. The number of para-hydroxylation sites is 1. The van der Waals surface area contributed by atoms with Crippen LogP contribution in [0.2, 0.25) is 0 Å². The molecule has 1 heterocycles. The minimum absolute atomic E-state index is 0.220. The molecule has 1 aliphatic heterocycles. The van der Waals surface area contributed by atoms with Crippen molar-refractivity contribution in [2.45, 2.75) is 38.0 Å². The second-order valence-electron chi connectivity index (χ2n) is 8.44. The second-order valence-corrected chi connectivity index (χ2v) is 8.44. The van der Waals surface area contributed by atoms with E-state index in [0.717, 1.165) is 36.9 Å². The van der Waals surface area contributed by atoms with Gasteiger partial charge in [0.25, 0.3) is 11.8 Å². The largest absolute Gasteiger partial charge is 0.338 e. The predicted octanol–water partition coefficient (Wildman–Crippen LogP) is 4.51. The summed E-state index contributed by atoms with van der Waals surface area (Å²) in [5.41, 5.74) is 8.53. The van der Waals surface area contributed by atoms with E-state index in [1.165, 1.54) is 0 Å². The molecule has 1 unspecified atom stereocenters. The first kappa shape index (κ1) is 23.7. The first-order chi connectivity index (χ1) is 16.6. The van der Waals surface area contributed by atoms with Crippen molar-refractivity contribution in [3.8, 4) is 0 Å². The van der Waals surface area contributed by atoms with E-state index in [1.54, 1.807) is 29.2 Å². The smallest absolute Gasteiger partial charge is 0.262 e. The van der Waals surface area contributed by atoms with Crippen molar-refractivity contribution in [3.05, 3.63) is 102 Å². The van der Waals surface area contributed by atoms with Gasteiger partial charge in [0.1, 0.15) is 0 Å². The van der Waals surface area contributed by atoms with Gasteiger partial charge in [0, 0.05) is 17.5 Å². The highest BCUT2D eigenvalue weighted by atomic mass is 16.5. The standard InChI is InChI=1S/C28H31N3O3/c29-20-9-10-21-34-28(30-26(32)23-13-3-1-4-14-23)19-11-17-22-12-7-8-18-25(22)31(28)27(33)24-15-5-2-6-16-24/h1-8,12-16,18H,9-11,17,19-21,29H2,(H,30,32). The van der Waals surface area contributed by atoms with Crippen LogP contribution < -0.4 is 16.0 Å². The van der Waals surface area contributed by atoms with Gasteiger partial charge in [-0.3, -0.25) is 14.5 Å². The van der Waals surface area contributed by atoms with Gasteiger partial charge in [0.2, 0.25) is 5.85 Å². The molecular weight excluding hydrogens is 426 g/mol. The number of hydrogen-bond donors (Lipinski definition) is 2. The van der Waals surface area contributed by atoms with Crippen LogP contribution in [-0.4, -0.2) is 30.8 Å². The van der Waals surface area contributed by atoms with Crippen molar-refractivity contribution in [2.24, 2.45) is 5.73 Å². The Labute approximate surface area is 200 Å². The summed E-state index contributed by atoms with van der Waals surface area (Å²) in [7, 11) is 0. The molecule has 0 spiro atoms. The maximum absolute atomic E-state index is 14.0. The highest BCUT2D eigenvalue weighted by molar-refractivity contribution is 6.08. The molecule has 176 valence electrons. The first-order valence-corrected chi connectivity index (χ1v) is 11.8. The molecule has 0 aromatic heterocycles. The first-order valence-electron chi connectivity index (χ1n) is 11.8. The molecule has 2 amide bonds. The normalized spacial score (nSPS) is 17.5. The molecule has 6 nitrogen and oxygen atoms in total. The molecule has 0 saturated heterocycles. The molecule has 3 aromatic carbocycles. The molecule has 34 heavy (non-hydrogen) atoms. The lowest BCUT2D eigenvalue weighted by Gasteiger charge is -2.43. The van der Waals surface area contributed by atoms with Crippen LogP contribution in [0.3, 0.4) is 0 Å². The summed E-state index contributed by atoms with van der Waals surface area (Å²) in [5.74, 6) is -1.84. The number of benzene rings is 3. The summed E-state index contributed by atoms with van der Waals surface area (Å²) < 4.78 is 6.47. The summed E-state index contributed by atoms with van der Waals surface area (Å²) in [6.45, 7) is 0.926. The zero-order chi connectivity index (χ0) is 23.8. The Morgan fingerprint density at radius 2 is 1.53 bits per heavy atom. The number of aryl methyl sites for hydroxylation is 1. The third-order valence-corrected chi connectivity index (χ3v) is 6.06. The topological polar surface area (TPSA) is 84.7 Å². The predicted molar refractivity (Wildman–Crippen MR) is 134 cm³/mol. The van der Waals surface area contributed by atoms with Crippen LogP contribution in [0.5, 0.6) is 0 Å². The molecule has 0 fully saturated rings. The molecule has 0 aliphatic carbocycles. The average molecular weight is 458 g/mol. The van der Waals surface area contributed by atoms with Crippen LogP contribution in [0.15, 0.2) is 84.9 Å². The van der Waals surface area contributed by atoms with E-state index in [0.29, 0.717) is 30.7 Å². The van der Waals surface area contributed by atoms with Crippen LogP contribution >= 0.6 is 0 Å². The number of unbranched alkanes of at least 4 members (excludes halogenated alkanes) is 1. The monoisotopic (exact) mass is 457 g/mol. The van der Waals surface area contributed by atoms with Gasteiger partial charge in [-0.05, 0) is 68.1 Å². The fraction of sp³-hybridized carbons (Fsp3) is 0.286. The van der Waals surface area contributed by atoms with Gasteiger partial charge in [0.15, 0.2) is 0 Å². The fourth-order valence-electron chi connectivity index (χ4n) is 4.37. The van der Waals surface area contributed by atoms with Gasteiger partial charge in [-0.1, -0.05) is 54.6 Å². The molecule has 1 aliphatic rings. The van der Waals surface area contributed by atoms with Gasteiger partial charge in [-0.2, -0.15) is 0 Å². The van der Waals surface area contributed by atoms with Gasteiger partial charge < -0.3 is 15.8 Å². The molecule has 6 heteroatoms. The highest BCUT2D eigenvalue weighted by Gasteiger charge is 2.45. The van der Waals surface area contributed by atoms with Crippen LogP contribution in [-0.2, 0) is 11.2 Å². The summed E-state index contributed by atoms with van der Waals surface area (Å²) in [5, 5.41) is 3.12. The number of nitrogens with two attached hydrogens (primary N) is 1. The van der Waals surface area contributed by atoms with Crippen molar-refractivity contribution >= 4 is 17.5 Å². The lowest BCUT2D eigenvalue weighted by Crippen LogP contribution is -2.64. The molecule has 3 aromatic rings. The van der Waals surface area contributed by atoms with Crippen molar-refractivity contribution in [1.82, 2.24) is 5.32 Å². The summed E-state index contributed by atoms with van der Waals surface area (Å²) in [6.07, 6.45) is 3.52. The Balaban J connectivity index is 1.80. The number of carbonyl (C=O) groups is 2. The maximum Gasteiger partial charge on any atom is 0.262 e. The molecule has 3 N–H and O–H groups in total. The number of amides is 2. The van der Waals surface area contributed by atoms with E-state index >= 15 is 0 Å². The van der Waals surface area contributed by atoms with Crippen LogP contribution in [0.1, 0.15) is 52.0 Å². The number of nitrogens with one attached hydrogen (secondary N) is 1. The Hall–Kier alpha value is -3.48. The van der Waals surface area contributed by atoms with Crippen molar-refractivity contribution in [2.75, 3.05) is 18.1 Å². The maximum atomic E-state index is 14.0. The van der Waals surface area contributed by atoms with E-state index in [9.17, 15) is 9.59 Å². The number of fused-ring (bicyclic) bond motifs is 1. The zero-order valence-corrected chi connectivity index (χ0v) is 19.3. The van der Waals surface area contributed by atoms with Gasteiger partial charge in [-0.15, -0.1) is 0 Å². The zero-order valence-electron chi connectivity index (χ0n) is 19.3. The molecule has 4 rings (SSSR count). The van der Waals surface area contributed by atoms with Gasteiger partial charge in [-0.25, -0.2) is 0 Å². The Bertz CT molecular complexity index is 1100. The third kappa shape index (κ3) is 5.19. The summed E-state index contributed by atoms with van der Waals surface area (Å²) >= 11 is 0. The van der Waals surface area contributed by atoms with E-state index < -0.39 is 5.85 Å². The number of nitrogens with zero attached hydrogens (tertiary/aromatic N) is 1. The molecule has 0 saturated carbocycles. The SMILES string of the molecule is NCCCCOC1(NC(=O)c2ccccc2)CCCc2ccccc2N1C(=O)c1ccccc1. The summed E-state index contributed by atoms with van der Waals surface area (Å²) in [4.78, 5) is 29.0. The number of rotatable bonds is 8.